The third kappa shape index (κ3) is 6.01. The first kappa shape index (κ1) is 21.8. The van der Waals surface area contributed by atoms with Crippen molar-refractivity contribution in [3.8, 4) is 0 Å². The predicted octanol–water partition coefficient (Wildman–Crippen LogP) is 2.42. The number of nitrogens with zero attached hydrogens (tertiary/aromatic N) is 1. The maximum atomic E-state index is 12.5. The highest BCUT2D eigenvalue weighted by atomic mass is 16.6. The highest BCUT2D eigenvalue weighted by Gasteiger charge is 2.24. The zero-order valence-corrected chi connectivity index (χ0v) is 16.1. The van der Waals surface area contributed by atoms with E-state index in [2.05, 4.69) is 10.6 Å². The van der Waals surface area contributed by atoms with Gasteiger partial charge in [0.15, 0.2) is 6.10 Å². The van der Waals surface area contributed by atoms with Crippen LogP contribution in [0.25, 0.3) is 0 Å². The number of hydrogen-bond acceptors (Lipinski definition) is 7. The Morgan fingerprint density at radius 1 is 1.17 bits per heavy atom. The summed E-state index contributed by atoms with van der Waals surface area (Å²) in [6.45, 7) is 3.17. The minimum atomic E-state index is -1.11. The van der Waals surface area contributed by atoms with Gasteiger partial charge in [0.1, 0.15) is 0 Å². The SMILES string of the molecule is C[C@H](OC(=O)c1cc([N+](=O)[O-])ccc1NCCO)C(=O)N[C@@H](C)c1ccccc1. The van der Waals surface area contributed by atoms with Gasteiger partial charge in [0.2, 0.25) is 0 Å². The lowest BCUT2D eigenvalue weighted by Crippen LogP contribution is -2.37. The summed E-state index contributed by atoms with van der Waals surface area (Å²) in [5.41, 5.74) is 0.776. The Bertz CT molecular complexity index is 872. The van der Waals surface area contributed by atoms with Gasteiger partial charge in [0, 0.05) is 24.4 Å². The Labute approximate surface area is 167 Å². The third-order valence-electron chi connectivity index (χ3n) is 4.17. The standard InChI is InChI=1S/C20H23N3O6/c1-13(15-6-4-3-5-7-15)22-19(25)14(2)29-20(26)17-12-16(23(27)28)8-9-18(17)21-10-11-24/h3-9,12-14,21,24H,10-11H2,1-2H3,(H,22,25)/t13-,14-/m0/s1. The first-order chi connectivity index (χ1) is 13.8. The van der Waals surface area contributed by atoms with E-state index in [-0.39, 0.29) is 36.1 Å². The molecule has 0 fully saturated rings. The lowest BCUT2D eigenvalue weighted by atomic mass is 10.1. The molecule has 154 valence electrons. The van der Waals surface area contributed by atoms with Crippen molar-refractivity contribution in [1.29, 1.82) is 0 Å². The number of ether oxygens (including phenoxy) is 1. The molecule has 0 saturated carbocycles. The molecule has 2 rings (SSSR count). The molecular formula is C20H23N3O6. The zero-order chi connectivity index (χ0) is 21.4. The Kier molecular flexibility index (Phi) is 7.67. The van der Waals surface area contributed by atoms with Crippen LogP contribution in [0.4, 0.5) is 11.4 Å². The number of rotatable bonds is 9. The molecule has 9 nitrogen and oxygen atoms in total. The summed E-state index contributed by atoms with van der Waals surface area (Å²) in [5, 5.41) is 25.5. The molecule has 0 aliphatic rings. The molecule has 1 amide bonds. The van der Waals surface area contributed by atoms with E-state index in [1.165, 1.54) is 19.1 Å². The molecule has 0 aliphatic heterocycles. The highest BCUT2D eigenvalue weighted by molar-refractivity contribution is 5.98. The number of anilines is 1. The molecule has 0 heterocycles. The summed E-state index contributed by atoms with van der Waals surface area (Å²) in [7, 11) is 0. The van der Waals surface area contributed by atoms with E-state index in [1.807, 2.05) is 30.3 Å². The van der Waals surface area contributed by atoms with Crippen LogP contribution in [-0.4, -0.2) is 41.2 Å². The molecule has 9 heteroatoms. The smallest absolute Gasteiger partial charge is 0.341 e. The lowest BCUT2D eigenvalue weighted by Gasteiger charge is -2.19. The Morgan fingerprint density at radius 3 is 2.48 bits per heavy atom. The van der Waals surface area contributed by atoms with Crippen LogP contribution in [-0.2, 0) is 9.53 Å². The van der Waals surface area contributed by atoms with Gasteiger partial charge in [-0.15, -0.1) is 0 Å². The van der Waals surface area contributed by atoms with Gasteiger partial charge in [-0.3, -0.25) is 14.9 Å². The van der Waals surface area contributed by atoms with Crippen molar-refractivity contribution in [3.63, 3.8) is 0 Å². The summed E-state index contributed by atoms with van der Waals surface area (Å²) >= 11 is 0. The van der Waals surface area contributed by atoms with Crippen LogP contribution < -0.4 is 10.6 Å². The third-order valence-corrected chi connectivity index (χ3v) is 4.17. The van der Waals surface area contributed by atoms with E-state index < -0.39 is 22.9 Å². The molecule has 2 aromatic carbocycles. The molecule has 29 heavy (non-hydrogen) atoms. The van der Waals surface area contributed by atoms with Crippen LogP contribution in [0.5, 0.6) is 0 Å². The second-order valence-corrected chi connectivity index (χ2v) is 6.33. The number of aliphatic hydroxyl groups is 1. The van der Waals surface area contributed by atoms with Gasteiger partial charge in [0.05, 0.1) is 23.1 Å². The fraction of sp³-hybridized carbons (Fsp3) is 0.300. The number of aliphatic hydroxyl groups excluding tert-OH is 1. The van der Waals surface area contributed by atoms with Crippen molar-refractivity contribution in [2.24, 2.45) is 0 Å². The maximum Gasteiger partial charge on any atom is 0.341 e. The van der Waals surface area contributed by atoms with Gasteiger partial charge in [-0.2, -0.15) is 0 Å². The maximum absolute atomic E-state index is 12.5. The van der Waals surface area contributed by atoms with Gasteiger partial charge in [-0.05, 0) is 25.5 Å². The molecule has 0 bridgehead atoms. The van der Waals surface area contributed by atoms with Crippen LogP contribution in [0, 0.1) is 10.1 Å². The molecule has 2 aromatic rings. The van der Waals surface area contributed by atoms with Crippen molar-refractivity contribution in [3.05, 3.63) is 69.8 Å². The lowest BCUT2D eigenvalue weighted by molar-refractivity contribution is -0.384. The van der Waals surface area contributed by atoms with E-state index in [4.69, 9.17) is 9.84 Å². The molecule has 0 spiro atoms. The number of hydrogen-bond donors (Lipinski definition) is 3. The van der Waals surface area contributed by atoms with Gasteiger partial charge in [0.25, 0.3) is 11.6 Å². The molecule has 0 aromatic heterocycles. The molecule has 0 unspecified atom stereocenters. The normalized spacial score (nSPS) is 12.5. The average Bonchev–Trinajstić information content (AvgIpc) is 2.72. The van der Waals surface area contributed by atoms with E-state index in [0.29, 0.717) is 0 Å². The van der Waals surface area contributed by atoms with Crippen LogP contribution in [0.2, 0.25) is 0 Å². The zero-order valence-electron chi connectivity index (χ0n) is 16.1. The number of carbonyl (C=O) groups excluding carboxylic acids is 2. The quantitative estimate of drug-likeness (QED) is 0.334. The second-order valence-electron chi connectivity index (χ2n) is 6.33. The van der Waals surface area contributed by atoms with Gasteiger partial charge in [-0.1, -0.05) is 30.3 Å². The van der Waals surface area contributed by atoms with E-state index in [1.54, 1.807) is 6.92 Å². The molecule has 3 N–H and O–H groups in total. The topological polar surface area (TPSA) is 131 Å². The highest BCUT2D eigenvalue weighted by Crippen LogP contribution is 2.23. The fourth-order valence-electron chi connectivity index (χ4n) is 2.59. The second kappa shape index (κ2) is 10.2. The Balaban J connectivity index is 2.10. The minimum absolute atomic E-state index is 0.0941. The van der Waals surface area contributed by atoms with Crippen molar-refractivity contribution in [2.45, 2.75) is 26.0 Å². The van der Waals surface area contributed by atoms with Crippen molar-refractivity contribution >= 4 is 23.3 Å². The number of amides is 1. The number of non-ortho nitro benzene ring substituents is 1. The minimum Gasteiger partial charge on any atom is -0.449 e. The number of benzene rings is 2. The molecule has 0 saturated heterocycles. The first-order valence-electron chi connectivity index (χ1n) is 9.03. The van der Waals surface area contributed by atoms with Crippen LogP contribution in [0.3, 0.4) is 0 Å². The van der Waals surface area contributed by atoms with E-state index in [9.17, 15) is 19.7 Å². The predicted molar refractivity (Wildman–Crippen MR) is 107 cm³/mol. The van der Waals surface area contributed by atoms with E-state index >= 15 is 0 Å². The summed E-state index contributed by atoms with van der Waals surface area (Å²) < 4.78 is 5.21. The first-order valence-corrected chi connectivity index (χ1v) is 9.03. The molecule has 2 atom stereocenters. The van der Waals surface area contributed by atoms with Gasteiger partial charge < -0.3 is 20.5 Å². The molecule has 0 aliphatic carbocycles. The molecule has 0 radical (unpaired) electrons. The summed E-state index contributed by atoms with van der Waals surface area (Å²) in [5.74, 6) is -1.38. The number of nitrogens with one attached hydrogen (secondary N) is 2. The fourth-order valence-corrected chi connectivity index (χ4v) is 2.59. The van der Waals surface area contributed by atoms with Crippen molar-refractivity contribution in [2.75, 3.05) is 18.5 Å². The van der Waals surface area contributed by atoms with E-state index in [0.717, 1.165) is 11.6 Å². The number of carbonyl (C=O) groups is 2. The number of nitro groups is 1. The van der Waals surface area contributed by atoms with Gasteiger partial charge >= 0.3 is 5.97 Å². The Morgan fingerprint density at radius 2 is 1.86 bits per heavy atom. The van der Waals surface area contributed by atoms with Crippen LogP contribution >= 0.6 is 0 Å². The van der Waals surface area contributed by atoms with Gasteiger partial charge in [-0.25, -0.2) is 4.79 Å². The van der Waals surface area contributed by atoms with Crippen LogP contribution in [0.15, 0.2) is 48.5 Å². The summed E-state index contributed by atoms with van der Waals surface area (Å²) in [4.78, 5) is 35.3. The van der Waals surface area contributed by atoms with Crippen molar-refractivity contribution < 1.29 is 24.4 Å². The largest absolute Gasteiger partial charge is 0.449 e. The summed E-state index contributed by atoms with van der Waals surface area (Å²) in [6.07, 6.45) is -1.11. The number of esters is 1. The molecular weight excluding hydrogens is 378 g/mol. The van der Waals surface area contributed by atoms with Crippen molar-refractivity contribution in [1.82, 2.24) is 5.32 Å². The monoisotopic (exact) mass is 401 g/mol. The summed E-state index contributed by atoms with van der Waals surface area (Å²) in [6, 6.07) is 12.7. The number of nitro benzene ring substituents is 1. The van der Waals surface area contributed by atoms with Crippen LogP contribution in [0.1, 0.15) is 35.8 Å². The Hall–Kier alpha value is -3.46. The average molecular weight is 401 g/mol.